The minimum atomic E-state index is -0.952. The van der Waals surface area contributed by atoms with Gasteiger partial charge in [0, 0.05) is 12.8 Å². The zero-order chi connectivity index (χ0) is 17.0. The molecule has 2 fully saturated rings. The van der Waals surface area contributed by atoms with Crippen molar-refractivity contribution in [2.24, 2.45) is 5.92 Å². The minimum Gasteiger partial charge on any atom is -0.334 e. The van der Waals surface area contributed by atoms with Crippen molar-refractivity contribution in [2.45, 2.75) is 51.7 Å². The van der Waals surface area contributed by atoms with Crippen LogP contribution in [0.15, 0.2) is 0 Å². The summed E-state index contributed by atoms with van der Waals surface area (Å²) < 4.78 is 0. The van der Waals surface area contributed by atoms with E-state index < -0.39 is 24.1 Å². The second-order valence-electron chi connectivity index (χ2n) is 5.98. The van der Waals surface area contributed by atoms with E-state index in [1.54, 1.807) is 0 Å². The third-order valence-corrected chi connectivity index (χ3v) is 3.79. The molecule has 0 radical (unpaired) electrons. The van der Waals surface area contributed by atoms with Crippen molar-refractivity contribution in [3.8, 4) is 0 Å². The van der Waals surface area contributed by atoms with Crippen LogP contribution in [0, 0.1) is 5.92 Å². The number of hydroxylamine groups is 2. The number of carbonyl (C=O) groups excluding carboxylic acids is 4. The van der Waals surface area contributed by atoms with E-state index in [9.17, 15) is 19.2 Å². The fourth-order valence-corrected chi connectivity index (χ4v) is 2.43. The van der Waals surface area contributed by atoms with Crippen molar-refractivity contribution in [1.29, 1.82) is 0 Å². The number of imide groups is 1. The summed E-state index contributed by atoms with van der Waals surface area (Å²) in [5, 5.41) is 8.74. The zero-order valence-corrected chi connectivity index (χ0v) is 13.3. The van der Waals surface area contributed by atoms with Crippen LogP contribution < -0.4 is 16.0 Å². The lowest BCUT2D eigenvalue weighted by molar-refractivity contribution is -0.171. The second-order valence-corrected chi connectivity index (χ2v) is 5.98. The summed E-state index contributed by atoms with van der Waals surface area (Å²) in [6.45, 7) is 4.43. The molecule has 0 aromatic carbocycles. The van der Waals surface area contributed by atoms with Crippen molar-refractivity contribution in [3.63, 3.8) is 0 Å². The smallest absolute Gasteiger partial charge is 0.334 e. The van der Waals surface area contributed by atoms with Gasteiger partial charge in [0.15, 0.2) is 0 Å². The summed E-state index contributed by atoms with van der Waals surface area (Å²) >= 11 is 0. The molecular formula is C14H22N4O5. The van der Waals surface area contributed by atoms with Crippen LogP contribution in [0.5, 0.6) is 0 Å². The summed E-state index contributed by atoms with van der Waals surface area (Å²) in [7, 11) is 0. The molecule has 9 nitrogen and oxygen atoms in total. The van der Waals surface area contributed by atoms with Crippen molar-refractivity contribution < 1.29 is 24.0 Å². The van der Waals surface area contributed by atoms with Crippen LogP contribution in [0.1, 0.15) is 39.5 Å². The van der Waals surface area contributed by atoms with Gasteiger partial charge >= 0.3 is 6.09 Å². The van der Waals surface area contributed by atoms with Crippen LogP contribution in [0.4, 0.5) is 4.79 Å². The van der Waals surface area contributed by atoms with E-state index in [0.717, 1.165) is 19.4 Å². The molecule has 1 unspecified atom stereocenters. The Balaban J connectivity index is 1.88. The minimum absolute atomic E-state index is 0.0316. The fourth-order valence-electron chi connectivity index (χ4n) is 2.43. The van der Waals surface area contributed by atoms with E-state index in [2.05, 4.69) is 16.0 Å². The topological polar surface area (TPSA) is 117 Å². The summed E-state index contributed by atoms with van der Waals surface area (Å²) in [6.07, 6.45) is 0.127. The summed E-state index contributed by atoms with van der Waals surface area (Å²) in [5.41, 5.74) is 0. The molecule has 4 amide bonds. The average molecular weight is 326 g/mol. The van der Waals surface area contributed by atoms with Gasteiger partial charge in [-0.3, -0.25) is 19.7 Å². The molecule has 0 aromatic heterocycles. The highest BCUT2D eigenvalue weighted by Crippen LogP contribution is 2.12. The Morgan fingerprint density at radius 1 is 1.22 bits per heavy atom. The monoisotopic (exact) mass is 326 g/mol. The van der Waals surface area contributed by atoms with E-state index in [0.29, 0.717) is 5.06 Å². The number of carbonyl (C=O) groups is 4. The SMILES string of the molecule is CC(C)[C@@H](NC(=O)ON1C(=O)CCC1=O)NC(=O)C1CCCN1. The maximum atomic E-state index is 12.1. The normalized spacial score (nSPS) is 22.4. The Morgan fingerprint density at radius 2 is 1.87 bits per heavy atom. The Hall–Kier alpha value is -2.16. The molecule has 2 atom stereocenters. The highest BCUT2D eigenvalue weighted by molar-refractivity contribution is 6.01. The first-order chi connectivity index (χ1) is 10.9. The van der Waals surface area contributed by atoms with Crippen LogP contribution in [0.2, 0.25) is 0 Å². The Kier molecular flexibility index (Phi) is 5.54. The van der Waals surface area contributed by atoms with Gasteiger partial charge < -0.3 is 15.5 Å². The quantitative estimate of drug-likeness (QED) is 0.469. The summed E-state index contributed by atoms with van der Waals surface area (Å²) in [5.74, 6) is -1.40. The number of nitrogens with zero attached hydrogens (tertiary/aromatic N) is 1. The van der Waals surface area contributed by atoms with Gasteiger partial charge in [0.25, 0.3) is 11.8 Å². The first-order valence-corrected chi connectivity index (χ1v) is 7.76. The third kappa shape index (κ3) is 4.41. The Bertz CT molecular complexity index is 485. The molecule has 3 N–H and O–H groups in total. The van der Waals surface area contributed by atoms with E-state index >= 15 is 0 Å². The molecule has 2 saturated heterocycles. The van der Waals surface area contributed by atoms with Gasteiger partial charge in [-0.2, -0.15) is 0 Å². The highest BCUT2D eigenvalue weighted by Gasteiger charge is 2.34. The lowest BCUT2D eigenvalue weighted by Gasteiger charge is -2.25. The molecule has 2 heterocycles. The summed E-state index contributed by atoms with van der Waals surface area (Å²) in [4.78, 5) is 51.5. The number of amides is 4. The first-order valence-electron chi connectivity index (χ1n) is 7.76. The molecule has 0 spiro atoms. The second kappa shape index (κ2) is 7.40. The van der Waals surface area contributed by atoms with Crippen molar-refractivity contribution in [3.05, 3.63) is 0 Å². The highest BCUT2D eigenvalue weighted by atomic mass is 16.7. The molecule has 9 heteroatoms. The van der Waals surface area contributed by atoms with Gasteiger partial charge in [0.1, 0.15) is 6.17 Å². The maximum Gasteiger partial charge on any atom is 0.433 e. The van der Waals surface area contributed by atoms with Crippen LogP contribution in [-0.2, 0) is 19.2 Å². The van der Waals surface area contributed by atoms with Crippen LogP contribution >= 0.6 is 0 Å². The molecule has 0 bridgehead atoms. The van der Waals surface area contributed by atoms with E-state index in [1.165, 1.54) is 0 Å². The third-order valence-electron chi connectivity index (χ3n) is 3.79. The molecule has 128 valence electrons. The average Bonchev–Trinajstić information content (AvgIpc) is 3.12. The van der Waals surface area contributed by atoms with Crippen LogP contribution in [0.25, 0.3) is 0 Å². The van der Waals surface area contributed by atoms with Crippen molar-refractivity contribution in [2.75, 3.05) is 6.54 Å². The van der Waals surface area contributed by atoms with E-state index in [-0.39, 0.29) is 30.7 Å². The van der Waals surface area contributed by atoms with Gasteiger partial charge in [0.05, 0.1) is 6.04 Å². The maximum absolute atomic E-state index is 12.1. The van der Waals surface area contributed by atoms with E-state index in [4.69, 9.17) is 4.84 Å². The van der Waals surface area contributed by atoms with Gasteiger partial charge in [0.2, 0.25) is 5.91 Å². The van der Waals surface area contributed by atoms with Crippen molar-refractivity contribution in [1.82, 2.24) is 21.0 Å². The number of hydrogen-bond donors (Lipinski definition) is 3. The Labute approximate surface area is 134 Å². The fraction of sp³-hybridized carbons (Fsp3) is 0.714. The number of hydrogen-bond acceptors (Lipinski definition) is 6. The predicted molar refractivity (Wildman–Crippen MR) is 78.5 cm³/mol. The molecule has 2 rings (SSSR count). The molecule has 0 aromatic rings. The largest absolute Gasteiger partial charge is 0.433 e. The summed E-state index contributed by atoms with van der Waals surface area (Å²) in [6, 6.07) is -0.268. The Morgan fingerprint density at radius 3 is 2.39 bits per heavy atom. The molecular weight excluding hydrogens is 304 g/mol. The molecule has 23 heavy (non-hydrogen) atoms. The van der Waals surface area contributed by atoms with Gasteiger partial charge in [-0.1, -0.05) is 13.8 Å². The standard InChI is InChI=1S/C14H22N4O5/c1-8(2)12(16-13(21)9-4-3-7-15-9)17-14(22)23-18-10(19)5-6-11(18)20/h8-9,12,15H,3-7H2,1-2H3,(H,16,21)(H,17,22)/t9?,12-/m1/s1. The molecule has 2 aliphatic rings. The lowest BCUT2D eigenvalue weighted by atomic mass is 10.1. The van der Waals surface area contributed by atoms with Gasteiger partial charge in [-0.15, -0.1) is 5.06 Å². The number of nitrogens with one attached hydrogen (secondary N) is 3. The molecule has 0 saturated carbocycles. The van der Waals surface area contributed by atoms with Crippen molar-refractivity contribution >= 4 is 23.8 Å². The predicted octanol–water partition coefficient (Wildman–Crippen LogP) is -0.373. The van der Waals surface area contributed by atoms with Gasteiger partial charge in [-0.05, 0) is 25.3 Å². The zero-order valence-electron chi connectivity index (χ0n) is 13.3. The van der Waals surface area contributed by atoms with Crippen LogP contribution in [0.3, 0.4) is 0 Å². The van der Waals surface area contributed by atoms with E-state index in [1.807, 2.05) is 13.8 Å². The van der Waals surface area contributed by atoms with Gasteiger partial charge in [-0.25, -0.2) is 4.79 Å². The first kappa shape index (κ1) is 17.2. The molecule has 0 aliphatic carbocycles. The lowest BCUT2D eigenvalue weighted by Crippen LogP contribution is -2.55. The molecule has 2 aliphatic heterocycles. The number of rotatable bonds is 5. The van der Waals surface area contributed by atoms with Crippen LogP contribution in [-0.4, -0.2) is 47.6 Å².